The van der Waals surface area contributed by atoms with Crippen LogP contribution in [0, 0.1) is 10.1 Å². The van der Waals surface area contributed by atoms with Crippen molar-refractivity contribution < 1.29 is 33.5 Å². The molecule has 3 amide bonds. The van der Waals surface area contributed by atoms with Crippen LogP contribution >= 0.6 is 23.2 Å². The van der Waals surface area contributed by atoms with Crippen LogP contribution in [0.1, 0.15) is 32.3 Å². The van der Waals surface area contributed by atoms with Crippen LogP contribution in [0.25, 0.3) is 0 Å². The van der Waals surface area contributed by atoms with Crippen molar-refractivity contribution in [2.45, 2.75) is 12.1 Å². The van der Waals surface area contributed by atoms with Crippen LogP contribution in [0.3, 0.4) is 0 Å². The second-order valence-electron chi connectivity index (χ2n) is 8.62. The number of non-ortho nitro benzene ring substituents is 1. The summed E-state index contributed by atoms with van der Waals surface area (Å²) in [6, 6.07) is 9.01. The fourth-order valence-electron chi connectivity index (χ4n) is 4.87. The van der Waals surface area contributed by atoms with E-state index in [9.17, 15) is 24.5 Å². The Morgan fingerprint density at radius 1 is 0.769 bits per heavy atom. The molecule has 2 aliphatic rings. The van der Waals surface area contributed by atoms with E-state index in [0.29, 0.717) is 17.0 Å². The molecule has 3 aromatic rings. The third-order valence-corrected chi connectivity index (χ3v) is 7.41. The van der Waals surface area contributed by atoms with Gasteiger partial charge in [-0.2, -0.15) is 0 Å². The summed E-state index contributed by atoms with van der Waals surface area (Å²) in [6.07, 6.45) is 0. The third-order valence-electron chi connectivity index (χ3n) is 6.67. The first-order valence-corrected chi connectivity index (χ1v) is 12.1. The SMILES string of the molecule is COc1cc([C@@H]2[C@@H](N3C(=O)c4ccc([N+](=O)[O-])cc4C3=O)C(=O)N2c2ccc(Cl)c(Cl)c2)cc(OC)c1OC. The van der Waals surface area contributed by atoms with Gasteiger partial charge in [-0.25, -0.2) is 0 Å². The first-order valence-electron chi connectivity index (χ1n) is 11.4. The van der Waals surface area contributed by atoms with Crippen molar-refractivity contribution in [1.82, 2.24) is 4.90 Å². The minimum Gasteiger partial charge on any atom is -0.493 e. The van der Waals surface area contributed by atoms with Crippen LogP contribution in [-0.4, -0.2) is 54.9 Å². The molecule has 2 aliphatic heterocycles. The zero-order valence-corrected chi connectivity index (χ0v) is 22.1. The lowest BCUT2D eigenvalue weighted by Crippen LogP contribution is -2.67. The Morgan fingerprint density at radius 2 is 1.41 bits per heavy atom. The van der Waals surface area contributed by atoms with E-state index in [1.54, 1.807) is 18.2 Å². The summed E-state index contributed by atoms with van der Waals surface area (Å²) in [5, 5.41) is 11.7. The Balaban J connectivity index is 1.65. The minimum absolute atomic E-state index is 0.0324. The van der Waals surface area contributed by atoms with Gasteiger partial charge in [0.15, 0.2) is 11.5 Å². The third kappa shape index (κ3) is 4.01. The molecule has 5 rings (SSSR count). The predicted octanol–water partition coefficient (Wildman–Crippen LogP) is 4.68. The van der Waals surface area contributed by atoms with Crippen molar-refractivity contribution in [3.05, 3.63) is 85.4 Å². The molecule has 11 nitrogen and oxygen atoms in total. The number of hydrogen-bond acceptors (Lipinski definition) is 8. The van der Waals surface area contributed by atoms with Gasteiger partial charge in [0.05, 0.1) is 53.5 Å². The first-order chi connectivity index (χ1) is 18.6. The lowest BCUT2D eigenvalue weighted by Gasteiger charge is -2.50. The number of imide groups is 1. The molecule has 0 N–H and O–H groups in total. The van der Waals surface area contributed by atoms with E-state index in [0.717, 1.165) is 17.0 Å². The number of benzene rings is 3. The molecule has 39 heavy (non-hydrogen) atoms. The molecule has 2 atom stereocenters. The van der Waals surface area contributed by atoms with Crippen molar-refractivity contribution in [3.8, 4) is 17.2 Å². The average Bonchev–Trinajstić information content (AvgIpc) is 3.17. The summed E-state index contributed by atoms with van der Waals surface area (Å²) in [5.74, 6) is -1.25. The number of ether oxygens (including phenoxy) is 3. The number of nitro benzene ring substituents is 1. The van der Waals surface area contributed by atoms with Crippen molar-refractivity contribution in [2.75, 3.05) is 26.2 Å². The number of halogens is 2. The summed E-state index contributed by atoms with van der Waals surface area (Å²) >= 11 is 12.3. The van der Waals surface area contributed by atoms with Crippen LogP contribution in [0.2, 0.25) is 10.0 Å². The second-order valence-corrected chi connectivity index (χ2v) is 9.44. The second kappa shape index (κ2) is 9.75. The maximum atomic E-state index is 13.7. The number of methoxy groups -OCH3 is 3. The molecule has 0 radical (unpaired) electrons. The lowest BCUT2D eigenvalue weighted by atomic mass is 9.86. The van der Waals surface area contributed by atoms with E-state index in [2.05, 4.69) is 0 Å². The number of carbonyl (C=O) groups excluding carboxylic acids is 3. The molecule has 1 fully saturated rings. The number of nitrogens with zero attached hydrogens (tertiary/aromatic N) is 3. The molecular weight excluding hydrogens is 553 g/mol. The van der Waals surface area contributed by atoms with Crippen LogP contribution < -0.4 is 19.1 Å². The van der Waals surface area contributed by atoms with Crippen molar-refractivity contribution in [1.29, 1.82) is 0 Å². The molecule has 0 bridgehead atoms. The smallest absolute Gasteiger partial charge is 0.270 e. The highest BCUT2D eigenvalue weighted by molar-refractivity contribution is 6.42. The maximum Gasteiger partial charge on any atom is 0.270 e. The number of fused-ring (bicyclic) bond motifs is 1. The topological polar surface area (TPSA) is 129 Å². The molecule has 0 spiro atoms. The Hall–Kier alpha value is -4.35. The van der Waals surface area contributed by atoms with Gasteiger partial charge < -0.3 is 19.1 Å². The average molecular weight is 572 g/mol. The summed E-state index contributed by atoms with van der Waals surface area (Å²) in [5.41, 5.74) is 0.295. The Bertz CT molecular complexity index is 1550. The van der Waals surface area contributed by atoms with Crippen molar-refractivity contribution in [3.63, 3.8) is 0 Å². The largest absolute Gasteiger partial charge is 0.493 e. The molecular formula is C26H19Cl2N3O8. The van der Waals surface area contributed by atoms with E-state index in [1.807, 2.05) is 0 Å². The Labute approximate surface area is 231 Å². The van der Waals surface area contributed by atoms with Gasteiger partial charge >= 0.3 is 0 Å². The summed E-state index contributed by atoms with van der Waals surface area (Å²) in [6.45, 7) is 0. The Morgan fingerprint density at radius 3 is 1.97 bits per heavy atom. The highest BCUT2D eigenvalue weighted by atomic mass is 35.5. The summed E-state index contributed by atoms with van der Waals surface area (Å²) in [4.78, 5) is 53.3. The highest BCUT2D eigenvalue weighted by Crippen LogP contribution is 2.49. The molecule has 0 saturated carbocycles. The summed E-state index contributed by atoms with van der Waals surface area (Å²) in [7, 11) is 4.30. The van der Waals surface area contributed by atoms with E-state index in [1.165, 1.54) is 44.4 Å². The zero-order valence-electron chi connectivity index (χ0n) is 20.6. The molecule has 2 heterocycles. The fourth-order valence-corrected chi connectivity index (χ4v) is 5.16. The van der Waals surface area contributed by atoms with E-state index in [4.69, 9.17) is 37.4 Å². The number of β-lactam (4-membered cyclic amide) rings is 1. The van der Waals surface area contributed by atoms with Gasteiger partial charge in [-0.15, -0.1) is 0 Å². The molecule has 13 heteroatoms. The van der Waals surface area contributed by atoms with Crippen LogP contribution in [0.5, 0.6) is 17.2 Å². The molecule has 1 saturated heterocycles. The van der Waals surface area contributed by atoms with Crippen molar-refractivity contribution in [2.24, 2.45) is 0 Å². The van der Waals surface area contributed by atoms with Gasteiger partial charge in [0.25, 0.3) is 23.4 Å². The summed E-state index contributed by atoms with van der Waals surface area (Å²) < 4.78 is 16.3. The molecule has 3 aromatic carbocycles. The van der Waals surface area contributed by atoms with Gasteiger partial charge in [0, 0.05) is 17.8 Å². The van der Waals surface area contributed by atoms with Crippen LogP contribution in [-0.2, 0) is 4.79 Å². The lowest BCUT2D eigenvalue weighted by molar-refractivity contribution is -0.384. The number of carbonyl (C=O) groups is 3. The van der Waals surface area contributed by atoms with E-state index in [-0.39, 0.29) is 38.4 Å². The first kappa shape index (κ1) is 26.3. The maximum absolute atomic E-state index is 13.7. The standard InChI is InChI=1S/C26H19Cl2N3O8/c1-37-19-8-12(9-20(38-2)23(19)39-3)21-22(26(34)29(21)13-5-7-17(27)18(28)11-13)30-24(32)15-6-4-14(31(35)36)10-16(15)25(30)33/h4-11,21-22H,1-3H3/t21-,22-/m1/s1. The minimum atomic E-state index is -1.28. The number of nitro groups is 1. The fraction of sp³-hybridized carbons (Fsp3) is 0.192. The molecule has 200 valence electrons. The molecule has 0 aliphatic carbocycles. The van der Waals surface area contributed by atoms with Gasteiger partial charge in [-0.05, 0) is 42.0 Å². The monoisotopic (exact) mass is 571 g/mol. The van der Waals surface area contributed by atoms with Crippen molar-refractivity contribution >= 4 is 52.3 Å². The Kier molecular flexibility index (Phi) is 6.57. The quantitative estimate of drug-likeness (QED) is 0.173. The highest BCUT2D eigenvalue weighted by Gasteiger charge is 2.57. The van der Waals surface area contributed by atoms with Crippen LogP contribution in [0.4, 0.5) is 11.4 Å². The molecule has 0 unspecified atom stereocenters. The normalized spacial score (nSPS) is 18.1. The van der Waals surface area contributed by atoms with E-state index >= 15 is 0 Å². The molecule has 0 aromatic heterocycles. The van der Waals surface area contributed by atoms with Gasteiger partial charge in [0.1, 0.15) is 6.04 Å². The van der Waals surface area contributed by atoms with Crippen LogP contribution in [0.15, 0.2) is 48.5 Å². The van der Waals surface area contributed by atoms with E-state index < -0.39 is 34.7 Å². The number of anilines is 1. The number of hydrogen-bond donors (Lipinski definition) is 0. The van der Waals surface area contributed by atoms with Gasteiger partial charge in [0.2, 0.25) is 5.75 Å². The zero-order chi connectivity index (χ0) is 28.2. The van der Waals surface area contributed by atoms with Gasteiger partial charge in [-0.1, -0.05) is 23.2 Å². The number of rotatable bonds is 7. The predicted molar refractivity (Wildman–Crippen MR) is 140 cm³/mol. The van der Waals surface area contributed by atoms with Gasteiger partial charge in [-0.3, -0.25) is 29.4 Å². The number of amides is 3.